The van der Waals surface area contributed by atoms with Crippen molar-refractivity contribution in [2.24, 2.45) is 0 Å². The topological polar surface area (TPSA) is 26.7 Å². The van der Waals surface area contributed by atoms with Crippen molar-refractivity contribution in [2.75, 3.05) is 32.1 Å². The first-order chi connectivity index (χ1) is 8.99. The van der Waals surface area contributed by atoms with Gasteiger partial charge in [0.2, 0.25) is 0 Å². The number of hydrogen-bond donors (Lipinski definition) is 1. The van der Waals surface area contributed by atoms with Gasteiger partial charge in [-0.2, -0.15) is 0 Å². The summed E-state index contributed by atoms with van der Waals surface area (Å²) < 4.78 is 14.1. The van der Waals surface area contributed by atoms with Gasteiger partial charge < -0.3 is 14.9 Å². The molecule has 0 aliphatic carbocycles. The average Bonchev–Trinajstić information content (AvgIpc) is 2.38. The number of anilines is 1. The van der Waals surface area contributed by atoms with Crippen LogP contribution in [-0.2, 0) is 0 Å². The molecule has 4 heteroatoms. The minimum Gasteiger partial charge on any atom is -0.389 e. The van der Waals surface area contributed by atoms with Crippen LogP contribution in [0.1, 0.15) is 31.4 Å². The van der Waals surface area contributed by atoms with Gasteiger partial charge in [0.15, 0.2) is 0 Å². The summed E-state index contributed by atoms with van der Waals surface area (Å²) in [4.78, 5) is 4.34. The first-order valence-corrected chi connectivity index (χ1v) is 6.88. The number of nitrogens with zero attached hydrogens (tertiary/aromatic N) is 2. The molecule has 19 heavy (non-hydrogen) atoms. The van der Waals surface area contributed by atoms with Crippen LogP contribution >= 0.6 is 0 Å². The maximum absolute atomic E-state index is 14.1. The van der Waals surface area contributed by atoms with Crippen LogP contribution in [0.5, 0.6) is 0 Å². The number of aliphatic hydroxyl groups excluding tert-OH is 1. The molecule has 1 heterocycles. The molecule has 2 rings (SSSR count). The summed E-state index contributed by atoms with van der Waals surface area (Å²) in [5.41, 5.74) is 1.28. The fourth-order valence-corrected chi connectivity index (χ4v) is 2.66. The summed E-state index contributed by atoms with van der Waals surface area (Å²) in [7, 11) is 4.19. The Balaban J connectivity index is 2.07. The molecule has 0 spiro atoms. The number of benzene rings is 1. The Morgan fingerprint density at radius 3 is 2.42 bits per heavy atom. The Kier molecular flexibility index (Phi) is 4.42. The van der Waals surface area contributed by atoms with Crippen LogP contribution in [0, 0.1) is 5.82 Å². The molecular weight excluding hydrogens is 243 g/mol. The molecule has 1 atom stereocenters. The molecule has 1 aromatic rings. The van der Waals surface area contributed by atoms with E-state index in [1.807, 2.05) is 0 Å². The zero-order chi connectivity index (χ0) is 14.0. The Labute approximate surface area is 114 Å². The lowest BCUT2D eigenvalue weighted by Crippen LogP contribution is -2.42. The highest BCUT2D eigenvalue weighted by atomic mass is 19.1. The molecule has 1 unspecified atom stereocenters. The molecule has 1 saturated heterocycles. The van der Waals surface area contributed by atoms with Crippen LogP contribution in [0.25, 0.3) is 0 Å². The molecule has 0 amide bonds. The summed E-state index contributed by atoms with van der Waals surface area (Å²) in [5, 5.41) is 9.46. The molecule has 3 nitrogen and oxygen atoms in total. The first kappa shape index (κ1) is 14.3. The third kappa shape index (κ3) is 3.25. The first-order valence-electron chi connectivity index (χ1n) is 6.88. The number of rotatable bonds is 3. The number of hydrogen-bond acceptors (Lipinski definition) is 3. The average molecular weight is 266 g/mol. The largest absolute Gasteiger partial charge is 0.389 e. The van der Waals surface area contributed by atoms with E-state index in [0.717, 1.165) is 25.9 Å². The standard InChI is InChI=1S/C15H23FN2O/c1-11(19)12-4-5-15(14(16)10-12)18-8-6-13(7-9-18)17(2)3/h4-5,10-11,13,19H,6-9H2,1-3H3. The van der Waals surface area contributed by atoms with Gasteiger partial charge in [-0.05, 0) is 51.6 Å². The Morgan fingerprint density at radius 2 is 1.95 bits per heavy atom. The fourth-order valence-electron chi connectivity index (χ4n) is 2.66. The zero-order valence-electron chi connectivity index (χ0n) is 11.9. The smallest absolute Gasteiger partial charge is 0.146 e. The highest BCUT2D eigenvalue weighted by molar-refractivity contribution is 5.49. The van der Waals surface area contributed by atoms with Gasteiger partial charge in [0, 0.05) is 19.1 Å². The second-order valence-corrected chi connectivity index (χ2v) is 5.57. The predicted octanol–water partition coefficient (Wildman–Crippen LogP) is 2.41. The van der Waals surface area contributed by atoms with Crippen molar-refractivity contribution < 1.29 is 9.50 Å². The third-order valence-corrected chi connectivity index (χ3v) is 3.99. The van der Waals surface area contributed by atoms with Crippen LogP contribution in [0.3, 0.4) is 0 Å². The summed E-state index contributed by atoms with van der Waals surface area (Å²) >= 11 is 0. The number of piperidine rings is 1. The van der Waals surface area contributed by atoms with Crippen molar-refractivity contribution in [1.29, 1.82) is 0 Å². The van der Waals surface area contributed by atoms with Crippen LogP contribution < -0.4 is 4.90 Å². The van der Waals surface area contributed by atoms with Crippen LogP contribution in [-0.4, -0.2) is 43.2 Å². The van der Waals surface area contributed by atoms with Gasteiger partial charge in [-0.1, -0.05) is 6.07 Å². The molecule has 0 aromatic heterocycles. The summed E-state index contributed by atoms with van der Waals surface area (Å²) in [5.74, 6) is -0.235. The molecule has 106 valence electrons. The molecular formula is C15H23FN2O. The van der Waals surface area contributed by atoms with Crippen LogP contribution in [0.2, 0.25) is 0 Å². The van der Waals surface area contributed by atoms with E-state index in [-0.39, 0.29) is 5.82 Å². The second-order valence-electron chi connectivity index (χ2n) is 5.57. The van der Waals surface area contributed by atoms with Gasteiger partial charge in [0.25, 0.3) is 0 Å². The molecule has 1 aliphatic heterocycles. The lowest BCUT2D eigenvalue weighted by atomic mass is 10.0. The van der Waals surface area contributed by atoms with E-state index in [4.69, 9.17) is 0 Å². The molecule has 1 aliphatic rings. The summed E-state index contributed by atoms with van der Waals surface area (Å²) in [6.07, 6.45) is 1.50. The van der Waals surface area contributed by atoms with E-state index in [1.165, 1.54) is 6.07 Å². The van der Waals surface area contributed by atoms with E-state index in [9.17, 15) is 9.50 Å². The highest BCUT2D eigenvalue weighted by Crippen LogP contribution is 2.26. The minimum atomic E-state index is -0.622. The minimum absolute atomic E-state index is 0.235. The van der Waals surface area contributed by atoms with Crippen molar-refractivity contribution in [2.45, 2.75) is 31.9 Å². The molecule has 0 bridgehead atoms. The van der Waals surface area contributed by atoms with Crippen molar-refractivity contribution in [1.82, 2.24) is 4.90 Å². The molecule has 1 fully saturated rings. The SMILES string of the molecule is CC(O)c1ccc(N2CCC(N(C)C)CC2)c(F)c1. The maximum Gasteiger partial charge on any atom is 0.146 e. The number of aliphatic hydroxyl groups is 1. The van der Waals surface area contributed by atoms with E-state index >= 15 is 0 Å². The number of halogens is 1. The molecule has 0 saturated carbocycles. The van der Waals surface area contributed by atoms with Crippen LogP contribution in [0.15, 0.2) is 18.2 Å². The van der Waals surface area contributed by atoms with Crippen LogP contribution in [0.4, 0.5) is 10.1 Å². The van der Waals surface area contributed by atoms with Crippen molar-refractivity contribution in [3.05, 3.63) is 29.6 Å². The van der Waals surface area contributed by atoms with Gasteiger partial charge in [-0.15, -0.1) is 0 Å². The lowest BCUT2D eigenvalue weighted by molar-refractivity contribution is 0.199. The normalized spacial score (nSPS) is 18.9. The third-order valence-electron chi connectivity index (χ3n) is 3.99. The Morgan fingerprint density at radius 1 is 1.32 bits per heavy atom. The Hall–Kier alpha value is -1.13. The van der Waals surface area contributed by atoms with Gasteiger partial charge in [0.05, 0.1) is 11.8 Å². The van der Waals surface area contributed by atoms with Crippen molar-refractivity contribution in [3.8, 4) is 0 Å². The van der Waals surface area contributed by atoms with Gasteiger partial charge in [-0.3, -0.25) is 0 Å². The van der Waals surface area contributed by atoms with Gasteiger partial charge >= 0.3 is 0 Å². The van der Waals surface area contributed by atoms with E-state index in [2.05, 4.69) is 23.9 Å². The predicted molar refractivity (Wildman–Crippen MR) is 76.0 cm³/mol. The van der Waals surface area contributed by atoms with Crippen molar-refractivity contribution >= 4 is 5.69 Å². The highest BCUT2D eigenvalue weighted by Gasteiger charge is 2.22. The zero-order valence-corrected chi connectivity index (χ0v) is 11.9. The van der Waals surface area contributed by atoms with E-state index in [0.29, 0.717) is 17.3 Å². The second kappa shape index (κ2) is 5.88. The van der Waals surface area contributed by atoms with Gasteiger partial charge in [0.1, 0.15) is 5.82 Å². The van der Waals surface area contributed by atoms with E-state index < -0.39 is 6.10 Å². The molecule has 1 N–H and O–H groups in total. The lowest BCUT2D eigenvalue weighted by Gasteiger charge is -2.36. The summed E-state index contributed by atoms with van der Waals surface area (Å²) in [6.45, 7) is 3.42. The van der Waals surface area contributed by atoms with Gasteiger partial charge in [-0.25, -0.2) is 4.39 Å². The fraction of sp³-hybridized carbons (Fsp3) is 0.600. The molecule has 1 aromatic carbocycles. The molecule has 0 radical (unpaired) electrons. The Bertz CT molecular complexity index is 426. The quantitative estimate of drug-likeness (QED) is 0.910. The monoisotopic (exact) mass is 266 g/mol. The van der Waals surface area contributed by atoms with E-state index in [1.54, 1.807) is 19.1 Å². The van der Waals surface area contributed by atoms with Crippen molar-refractivity contribution in [3.63, 3.8) is 0 Å². The summed E-state index contributed by atoms with van der Waals surface area (Å²) in [6, 6.07) is 5.63. The maximum atomic E-state index is 14.1.